The van der Waals surface area contributed by atoms with Crippen molar-refractivity contribution in [1.29, 1.82) is 0 Å². The summed E-state index contributed by atoms with van der Waals surface area (Å²) >= 11 is 0. The molecule has 1 aliphatic rings. The van der Waals surface area contributed by atoms with Gasteiger partial charge in [-0.25, -0.2) is 9.78 Å². The van der Waals surface area contributed by atoms with Gasteiger partial charge in [0.25, 0.3) is 5.91 Å². The Labute approximate surface area is 215 Å². The Kier molecular flexibility index (Phi) is 7.03. The molecule has 0 unspecified atom stereocenters. The summed E-state index contributed by atoms with van der Waals surface area (Å²) in [4.78, 5) is 30.2. The molecule has 0 saturated heterocycles. The second-order valence-electron chi connectivity index (χ2n) is 9.04. The quantitative estimate of drug-likeness (QED) is 0.319. The van der Waals surface area contributed by atoms with Crippen LogP contribution in [0.5, 0.6) is 11.5 Å². The minimum absolute atomic E-state index is 0.190. The fraction of sp³-hybridized carbons (Fsp3) is 0.233. The Hall–Kier alpha value is -4.39. The van der Waals surface area contributed by atoms with E-state index in [1.807, 2.05) is 48.5 Å². The number of carbonyl (C=O) groups excluding carboxylic acids is 2. The average molecular weight is 497 g/mol. The minimum Gasteiger partial charge on any atom is -0.454 e. The van der Waals surface area contributed by atoms with Gasteiger partial charge in [0.15, 0.2) is 18.1 Å². The number of hydrogen-bond acceptors (Lipinski definition) is 6. The molecular formula is C30H28N2O5. The molecule has 1 aliphatic heterocycles. The number of pyridine rings is 1. The van der Waals surface area contributed by atoms with Gasteiger partial charge in [0.1, 0.15) is 0 Å². The Morgan fingerprint density at radius 3 is 2.59 bits per heavy atom. The third kappa shape index (κ3) is 5.40. The lowest BCUT2D eigenvalue weighted by Crippen LogP contribution is -2.28. The lowest BCUT2D eigenvalue weighted by molar-refractivity contribution is -0.124. The van der Waals surface area contributed by atoms with Crippen molar-refractivity contribution >= 4 is 22.8 Å². The third-order valence-electron chi connectivity index (χ3n) is 6.58. The highest BCUT2D eigenvalue weighted by Crippen LogP contribution is 2.32. The summed E-state index contributed by atoms with van der Waals surface area (Å²) in [6.45, 7) is 4.44. The first-order chi connectivity index (χ1) is 18.0. The average Bonchev–Trinajstić information content (AvgIpc) is 3.42. The summed E-state index contributed by atoms with van der Waals surface area (Å²) in [6.07, 6.45) is 1.06. The first-order valence-corrected chi connectivity index (χ1v) is 12.3. The number of ether oxygens (including phenoxy) is 3. The summed E-state index contributed by atoms with van der Waals surface area (Å²) < 4.78 is 16.1. The largest absolute Gasteiger partial charge is 0.454 e. The fourth-order valence-corrected chi connectivity index (χ4v) is 4.22. The predicted octanol–water partition coefficient (Wildman–Crippen LogP) is 5.62. The van der Waals surface area contributed by atoms with Gasteiger partial charge in [-0.1, -0.05) is 62.4 Å². The molecule has 1 amide bonds. The van der Waals surface area contributed by atoms with Crippen LogP contribution in [0.2, 0.25) is 0 Å². The standard InChI is InChI=1S/C30H28N2O5/c1-3-19(2)21-9-11-22(12-10-21)26-15-24(23-6-4-5-7-25(23)32-26)30(34)35-17-29(33)31-16-20-8-13-27-28(14-20)37-18-36-27/h4-15,19H,3,16-18H2,1-2H3,(H,31,33)/t19-/m0/s1. The van der Waals surface area contributed by atoms with E-state index in [-0.39, 0.29) is 19.9 Å². The van der Waals surface area contributed by atoms with Gasteiger partial charge in [0.2, 0.25) is 6.79 Å². The Bertz CT molecular complexity index is 1450. The van der Waals surface area contributed by atoms with Gasteiger partial charge in [-0.05, 0) is 47.7 Å². The van der Waals surface area contributed by atoms with Crippen LogP contribution in [-0.4, -0.2) is 30.3 Å². The van der Waals surface area contributed by atoms with Crippen molar-refractivity contribution in [2.24, 2.45) is 0 Å². The number of esters is 1. The molecule has 0 aliphatic carbocycles. The molecule has 3 aromatic carbocycles. The van der Waals surface area contributed by atoms with Crippen LogP contribution in [0.25, 0.3) is 22.2 Å². The maximum absolute atomic E-state index is 13.1. The van der Waals surface area contributed by atoms with Crippen LogP contribution in [-0.2, 0) is 16.1 Å². The summed E-state index contributed by atoms with van der Waals surface area (Å²) in [6, 6.07) is 22.9. The number of amides is 1. The summed E-state index contributed by atoms with van der Waals surface area (Å²) in [5, 5.41) is 3.44. The topological polar surface area (TPSA) is 86.8 Å². The van der Waals surface area contributed by atoms with E-state index in [0.29, 0.717) is 39.6 Å². The lowest BCUT2D eigenvalue weighted by Gasteiger charge is -2.12. The number of carbonyl (C=O) groups is 2. The van der Waals surface area contributed by atoms with E-state index in [1.165, 1.54) is 5.56 Å². The molecule has 2 heterocycles. The molecule has 7 nitrogen and oxygen atoms in total. The van der Waals surface area contributed by atoms with Crippen LogP contribution in [0.4, 0.5) is 0 Å². The van der Waals surface area contributed by atoms with Crippen molar-refractivity contribution in [2.45, 2.75) is 32.7 Å². The highest BCUT2D eigenvalue weighted by molar-refractivity contribution is 6.05. The van der Waals surface area contributed by atoms with E-state index in [4.69, 9.17) is 19.2 Å². The van der Waals surface area contributed by atoms with Gasteiger partial charge < -0.3 is 19.5 Å². The number of rotatable bonds is 8. The zero-order valence-corrected chi connectivity index (χ0v) is 20.8. The molecule has 0 bridgehead atoms. The van der Waals surface area contributed by atoms with Gasteiger partial charge in [-0.2, -0.15) is 0 Å². The van der Waals surface area contributed by atoms with E-state index < -0.39 is 11.9 Å². The summed E-state index contributed by atoms with van der Waals surface area (Å²) in [5.41, 5.74) is 4.76. The van der Waals surface area contributed by atoms with E-state index in [9.17, 15) is 9.59 Å². The second-order valence-corrected chi connectivity index (χ2v) is 9.04. The van der Waals surface area contributed by atoms with Crippen molar-refractivity contribution in [2.75, 3.05) is 13.4 Å². The van der Waals surface area contributed by atoms with Crippen LogP contribution in [0.3, 0.4) is 0 Å². The van der Waals surface area contributed by atoms with Gasteiger partial charge in [-0.15, -0.1) is 0 Å². The Morgan fingerprint density at radius 1 is 1.00 bits per heavy atom. The van der Waals surface area contributed by atoms with Gasteiger partial charge in [0.05, 0.1) is 16.8 Å². The number of nitrogens with zero attached hydrogens (tertiary/aromatic N) is 1. The molecule has 37 heavy (non-hydrogen) atoms. The lowest BCUT2D eigenvalue weighted by atomic mass is 9.96. The zero-order valence-electron chi connectivity index (χ0n) is 20.8. The molecule has 5 rings (SSSR count). The normalized spacial score (nSPS) is 12.8. The zero-order chi connectivity index (χ0) is 25.8. The number of fused-ring (bicyclic) bond motifs is 2. The molecule has 7 heteroatoms. The van der Waals surface area contributed by atoms with Crippen molar-refractivity contribution in [3.05, 3.63) is 89.5 Å². The molecule has 1 aromatic heterocycles. The molecule has 4 aromatic rings. The van der Waals surface area contributed by atoms with Crippen molar-refractivity contribution in [1.82, 2.24) is 10.3 Å². The predicted molar refractivity (Wildman–Crippen MR) is 141 cm³/mol. The van der Waals surface area contributed by atoms with Crippen LogP contribution in [0, 0.1) is 0 Å². The molecule has 0 fully saturated rings. The highest BCUT2D eigenvalue weighted by Gasteiger charge is 2.18. The van der Waals surface area contributed by atoms with E-state index >= 15 is 0 Å². The first-order valence-electron chi connectivity index (χ1n) is 12.3. The van der Waals surface area contributed by atoms with Gasteiger partial charge >= 0.3 is 5.97 Å². The van der Waals surface area contributed by atoms with E-state index in [2.05, 4.69) is 31.3 Å². The minimum atomic E-state index is -0.575. The second kappa shape index (κ2) is 10.7. The number of aromatic nitrogens is 1. The Morgan fingerprint density at radius 2 is 1.78 bits per heavy atom. The molecule has 188 valence electrons. The van der Waals surface area contributed by atoms with Crippen molar-refractivity contribution in [3.63, 3.8) is 0 Å². The highest BCUT2D eigenvalue weighted by atomic mass is 16.7. The van der Waals surface area contributed by atoms with Crippen molar-refractivity contribution < 1.29 is 23.8 Å². The number of para-hydroxylation sites is 1. The number of nitrogens with one attached hydrogen (secondary N) is 1. The Balaban J connectivity index is 1.28. The fourth-order valence-electron chi connectivity index (χ4n) is 4.22. The maximum Gasteiger partial charge on any atom is 0.339 e. The molecular weight excluding hydrogens is 468 g/mol. The third-order valence-corrected chi connectivity index (χ3v) is 6.58. The van der Waals surface area contributed by atoms with E-state index in [0.717, 1.165) is 17.5 Å². The molecule has 1 atom stereocenters. The monoisotopic (exact) mass is 496 g/mol. The number of benzene rings is 3. The van der Waals surface area contributed by atoms with Crippen LogP contribution in [0.15, 0.2) is 72.8 Å². The van der Waals surface area contributed by atoms with Crippen LogP contribution in [0.1, 0.15) is 47.7 Å². The summed E-state index contributed by atoms with van der Waals surface area (Å²) in [5.74, 6) is 0.826. The van der Waals surface area contributed by atoms with Gasteiger partial charge in [-0.3, -0.25) is 4.79 Å². The van der Waals surface area contributed by atoms with Crippen LogP contribution < -0.4 is 14.8 Å². The molecule has 0 radical (unpaired) electrons. The molecule has 1 N–H and O–H groups in total. The smallest absolute Gasteiger partial charge is 0.339 e. The van der Waals surface area contributed by atoms with E-state index in [1.54, 1.807) is 12.1 Å². The molecule has 0 saturated carbocycles. The first kappa shape index (κ1) is 24.3. The summed E-state index contributed by atoms with van der Waals surface area (Å²) in [7, 11) is 0. The molecule has 0 spiro atoms. The SMILES string of the molecule is CC[C@H](C)c1ccc(-c2cc(C(=O)OCC(=O)NCc3ccc4c(c3)OCO4)c3ccccc3n2)cc1. The number of hydrogen-bond donors (Lipinski definition) is 1. The van der Waals surface area contributed by atoms with Gasteiger partial charge in [0, 0.05) is 17.5 Å². The van der Waals surface area contributed by atoms with Crippen molar-refractivity contribution in [3.8, 4) is 22.8 Å². The van der Waals surface area contributed by atoms with Crippen LogP contribution >= 0.6 is 0 Å². The maximum atomic E-state index is 13.1.